The van der Waals surface area contributed by atoms with Crippen molar-refractivity contribution in [2.45, 2.75) is 155 Å². The Labute approximate surface area is 275 Å². The third kappa shape index (κ3) is 26.5. The van der Waals surface area contributed by atoms with Crippen LogP contribution in [-0.2, 0) is 23.8 Å². The number of ether oxygens (including phenoxy) is 3. The van der Waals surface area contributed by atoms with Gasteiger partial charge in [0, 0.05) is 12.8 Å². The first-order valence-corrected chi connectivity index (χ1v) is 17.8. The molecule has 0 spiro atoms. The predicted molar refractivity (Wildman–Crippen MR) is 186 cm³/mol. The monoisotopic (exact) mass is 628 g/mol. The van der Waals surface area contributed by atoms with Crippen molar-refractivity contribution in [3.8, 4) is 0 Å². The number of rotatable bonds is 29. The molecular formula is C39H64O6. The highest BCUT2D eigenvalue weighted by molar-refractivity contribution is 5.70. The zero-order chi connectivity index (χ0) is 32.8. The number of epoxide rings is 1. The van der Waals surface area contributed by atoms with Crippen molar-refractivity contribution in [2.24, 2.45) is 5.92 Å². The third-order valence-electron chi connectivity index (χ3n) is 7.67. The minimum atomic E-state index is -0.815. The van der Waals surface area contributed by atoms with Gasteiger partial charge in [0.15, 0.2) is 6.10 Å². The lowest BCUT2D eigenvalue weighted by Gasteiger charge is -2.15. The first-order valence-electron chi connectivity index (χ1n) is 17.8. The first-order chi connectivity index (χ1) is 22.0. The van der Waals surface area contributed by atoms with E-state index in [0.717, 1.165) is 63.7 Å². The Bertz CT molecular complexity index is 884. The van der Waals surface area contributed by atoms with Gasteiger partial charge < -0.3 is 19.3 Å². The average Bonchev–Trinajstić information content (AvgIpc) is 3.78. The van der Waals surface area contributed by atoms with Gasteiger partial charge in [-0.25, -0.2) is 0 Å². The second-order valence-electron chi connectivity index (χ2n) is 12.4. The molecule has 1 heterocycles. The molecule has 1 aliphatic rings. The lowest BCUT2D eigenvalue weighted by molar-refractivity contribution is -0.161. The number of aliphatic hydroxyl groups excluding tert-OH is 1. The minimum absolute atomic E-state index is 0.101. The summed E-state index contributed by atoms with van der Waals surface area (Å²) in [4.78, 5) is 24.1. The van der Waals surface area contributed by atoms with Gasteiger partial charge in [0.2, 0.25) is 0 Å². The van der Waals surface area contributed by atoms with Gasteiger partial charge >= 0.3 is 11.9 Å². The smallest absolute Gasteiger partial charge is 0.306 e. The molecule has 0 aromatic heterocycles. The fourth-order valence-corrected chi connectivity index (χ4v) is 4.86. The van der Waals surface area contributed by atoms with Crippen LogP contribution in [0.15, 0.2) is 60.8 Å². The van der Waals surface area contributed by atoms with E-state index < -0.39 is 12.1 Å². The van der Waals surface area contributed by atoms with Crippen LogP contribution in [0.3, 0.4) is 0 Å². The Kier molecular flexibility index (Phi) is 26.1. The summed E-state index contributed by atoms with van der Waals surface area (Å²) in [5, 5.41) is 9.51. The summed E-state index contributed by atoms with van der Waals surface area (Å²) in [6, 6.07) is 0. The summed E-state index contributed by atoms with van der Waals surface area (Å²) in [5.41, 5.74) is 0. The molecule has 45 heavy (non-hydrogen) atoms. The van der Waals surface area contributed by atoms with Crippen molar-refractivity contribution in [2.75, 3.05) is 13.2 Å². The molecule has 0 bridgehead atoms. The minimum Gasteiger partial charge on any atom is -0.462 e. The number of hydrogen-bond donors (Lipinski definition) is 1. The molecule has 3 atom stereocenters. The Hall–Kier alpha value is -2.44. The maximum absolute atomic E-state index is 12.1. The van der Waals surface area contributed by atoms with Crippen molar-refractivity contribution in [1.82, 2.24) is 0 Å². The Morgan fingerprint density at radius 3 is 1.80 bits per heavy atom. The largest absolute Gasteiger partial charge is 0.462 e. The van der Waals surface area contributed by atoms with E-state index in [2.05, 4.69) is 69.4 Å². The Balaban J connectivity index is 1.97. The number of hydrogen-bond acceptors (Lipinski definition) is 6. The van der Waals surface area contributed by atoms with E-state index in [1.807, 2.05) is 12.2 Å². The van der Waals surface area contributed by atoms with E-state index in [-0.39, 0.29) is 25.6 Å². The lowest BCUT2D eigenvalue weighted by atomic mass is 10.0. The summed E-state index contributed by atoms with van der Waals surface area (Å²) in [6.45, 7) is 6.23. The summed E-state index contributed by atoms with van der Waals surface area (Å²) in [5.74, 6) is 0.0974. The van der Waals surface area contributed by atoms with Crippen LogP contribution in [0, 0.1) is 5.92 Å². The van der Waals surface area contributed by atoms with Crippen LogP contribution < -0.4 is 0 Å². The van der Waals surface area contributed by atoms with Gasteiger partial charge in [-0.05, 0) is 57.3 Å². The maximum atomic E-state index is 12.1. The zero-order valence-corrected chi connectivity index (χ0v) is 28.7. The fraction of sp³-hybridized carbons (Fsp3) is 0.692. The van der Waals surface area contributed by atoms with Crippen LogP contribution in [0.4, 0.5) is 0 Å². The van der Waals surface area contributed by atoms with Gasteiger partial charge in [-0.15, -0.1) is 0 Å². The number of allylic oxidation sites excluding steroid dienone is 8. The topological polar surface area (TPSA) is 85.4 Å². The molecule has 0 aromatic carbocycles. The second-order valence-corrected chi connectivity index (χ2v) is 12.4. The van der Waals surface area contributed by atoms with Crippen molar-refractivity contribution in [3.63, 3.8) is 0 Å². The number of carbonyl (C=O) groups is 2. The van der Waals surface area contributed by atoms with E-state index in [0.29, 0.717) is 25.0 Å². The molecule has 6 heteroatoms. The van der Waals surface area contributed by atoms with Crippen LogP contribution in [0.5, 0.6) is 0 Å². The van der Waals surface area contributed by atoms with Gasteiger partial charge in [-0.1, -0.05) is 133 Å². The number of carbonyl (C=O) groups excluding carboxylic acids is 2. The SMILES string of the molecule is CC/C=C\CC1OC1C/C=C\C/C=C\C/C=C\C/C=C\CCC(=O)O[C@@H](CO)COC(=O)CCCCCCCCCCC(C)C. The summed E-state index contributed by atoms with van der Waals surface area (Å²) in [6.07, 6.45) is 39.1. The Morgan fingerprint density at radius 1 is 0.689 bits per heavy atom. The predicted octanol–water partition coefficient (Wildman–Crippen LogP) is 9.68. The molecule has 2 unspecified atom stereocenters. The Morgan fingerprint density at radius 2 is 1.22 bits per heavy atom. The van der Waals surface area contributed by atoms with E-state index in [1.165, 1.54) is 38.5 Å². The van der Waals surface area contributed by atoms with Crippen molar-refractivity contribution < 1.29 is 28.9 Å². The zero-order valence-electron chi connectivity index (χ0n) is 28.7. The van der Waals surface area contributed by atoms with Crippen LogP contribution in [0.1, 0.15) is 136 Å². The van der Waals surface area contributed by atoms with Crippen LogP contribution in [0.2, 0.25) is 0 Å². The molecule has 0 saturated carbocycles. The van der Waals surface area contributed by atoms with Gasteiger partial charge in [0.25, 0.3) is 0 Å². The molecule has 1 fully saturated rings. The normalized spacial score (nSPS) is 17.5. The quantitative estimate of drug-likeness (QED) is 0.0384. The van der Waals surface area contributed by atoms with Crippen molar-refractivity contribution >= 4 is 11.9 Å². The standard InChI is InChI=1S/C39H64O6/c1-4-5-22-28-36-37(45-36)29-24-19-15-10-8-6-7-9-11-17-21-26-31-39(42)44-35(32-40)33-43-38(41)30-25-20-16-13-12-14-18-23-27-34(2)3/h5,7-10,17,19,21-22,24,34-37,40H,4,6,11-16,18,20,23,25-33H2,1-3H3/b9-7-,10-8-,21-17-,22-5-,24-19-/t35-,36?,37?/m0/s1. The molecule has 6 nitrogen and oxygen atoms in total. The summed E-state index contributed by atoms with van der Waals surface area (Å²) in [7, 11) is 0. The average molecular weight is 629 g/mol. The number of unbranched alkanes of at least 4 members (excludes halogenated alkanes) is 7. The van der Waals surface area contributed by atoms with E-state index in [9.17, 15) is 14.7 Å². The fourth-order valence-electron chi connectivity index (χ4n) is 4.86. The third-order valence-corrected chi connectivity index (χ3v) is 7.67. The molecule has 0 aromatic rings. The molecule has 0 radical (unpaired) electrons. The van der Waals surface area contributed by atoms with E-state index in [4.69, 9.17) is 14.2 Å². The highest BCUT2D eigenvalue weighted by Gasteiger charge is 2.35. The summed E-state index contributed by atoms with van der Waals surface area (Å²) < 4.78 is 16.2. The maximum Gasteiger partial charge on any atom is 0.306 e. The van der Waals surface area contributed by atoms with Gasteiger partial charge in [-0.2, -0.15) is 0 Å². The molecule has 0 aliphatic carbocycles. The molecule has 0 amide bonds. The van der Waals surface area contributed by atoms with Gasteiger partial charge in [0.1, 0.15) is 6.61 Å². The van der Waals surface area contributed by atoms with E-state index in [1.54, 1.807) is 0 Å². The molecule has 1 aliphatic heterocycles. The lowest BCUT2D eigenvalue weighted by Crippen LogP contribution is -2.28. The summed E-state index contributed by atoms with van der Waals surface area (Å²) >= 11 is 0. The molecule has 1 rings (SSSR count). The van der Waals surface area contributed by atoms with Crippen molar-refractivity contribution in [3.05, 3.63) is 60.8 Å². The van der Waals surface area contributed by atoms with Gasteiger partial charge in [0.05, 0.1) is 18.8 Å². The van der Waals surface area contributed by atoms with Crippen LogP contribution in [-0.4, -0.2) is 48.6 Å². The molecular weight excluding hydrogens is 564 g/mol. The second kappa shape index (κ2) is 29.0. The van der Waals surface area contributed by atoms with Gasteiger partial charge in [-0.3, -0.25) is 9.59 Å². The molecule has 1 saturated heterocycles. The number of aliphatic hydroxyl groups is 1. The first kappa shape index (κ1) is 40.6. The van der Waals surface area contributed by atoms with Crippen LogP contribution in [0.25, 0.3) is 0 Å². The molecule has 256 valence electrons. The number of esters is 2. The molecule has 1 N–H and O–H groups in total. The van der Waals surface area contributed by atoms with Crippen LogP contribution >= 0.6 is 0 Å². The van der Waals surface area contributed by atoms with Crippen molar-refractivity contribution in [1.29, 1.82) is 0 Å². The van der Waals surface area contributed by atoms with E-state index >= 15 is 0 Å². The highest BCUT2D eigenvalue weighted by atomic mass is 16.6. The highest BCUT2D eigenvalue weighted by Crippen LogP contribution is 2.29.